The van der Waals surface area contributed by atoms with Crippen LogP contribution in [0.15, 0.2) is 67.3 Å². The van der Waals surface area contributed by atoms with E-state index in [1.807, 2.05) is 26.2 Å². The van der Waals surface area contributed by atoms with E-state index in [4.69, 9.17) is 0 Å². The molecule has 0 saturated carbocycles. The second-order valence-corrected chi connectivity index (χ2v) is 8.31. The van der Waals surface area contributed by atoms with Crippen molar-refractivity contribution in [2.45, 2.75) is 13.0 Å². The third-order valence-corrected chi connectivity index (χ3v) is 5.98. The molecule has 0 amide bonds. The van der Waals surface area contributed by atoms with Crippen molar-refractivity contribution < 1.29 is 8.78 Å². The Morgan fingerprint density at radius 2 is 1.71 bits per heavy atom. The van der Waals surface area contributed by atoms with Gasteiger partial charge in [0.15, 0.2) is 5.65 Å². The molecule has 0 N–H and O–H groups in total. The maximum absolute atomic E-state index is 15.2. The molecule has 0 fully saturated rings. The highest BCUT2D eigenvalue weighted by atomic mass is 19.1. The first-order valence-electron chi connectivity index (χ1n) is 10.9. The fourth-order valence-electron chi connectivity index (χ4n) is 4.10. The van der Waals surface area contributed by atoms with E-state index in [9.17, 15) is 4.39 Å². The first kappa shape index (κ1) is 21.0. The minimum atomic E-state index is -0.516. The van der Waals surface area contributed by atoms with E-state index in [-0.39, 0.29) is 5.82 Å². The summed E-state index contributed by atoms with van der Waals surface area (Å²) in [4.78, 5) is 13.4. The van der Waals surface area contributed by atoms with Crippen molar-refractivity contribution in [3.05, 3.63) is 84.4 Å². The summed E-state index contributed by atoms with van der Waals surface area (Å²) in [5.41, 5.74) is 4.79. The van der Waals surface area contributed by atoms with E-state index in [0.717, 1.165) is 22.1 Å². The Hall–Kier alpha value is -4.60. The van der Waals surface area contributed by atoms with Gasteiger partial charge in [-0.3, -0.25) is 9.67 Å². The normalized spacial score (nSPS) is 12.5. The molecule has 0 saturated heterocycles. The van der Waals surface area contributed by atoms with Crippen LogP contribution in [0.1, 0.15) is 18.5 Å². The van der Waals surface area contributed by atoms with Gasteiger partial charge in [0, 0.05) is 47.6 Å². The van der Waals surface area contributed by atoms with E-state index in [2.05, 4.69) is 30.4 Å². The average molecular weight is 468 g/mol. The summed E-state index contributed by atoms with van der Waals surface area (Å²) < 4.78 is 31.7. The Balaban J connectivity index is 1.43. The number of hydrogen-bond acceptors (Lipinski definition) is 6. The lowest BCUT2D eigenvalue weighted by molar-refractivity contribution is 0.518. The smallest absolute Gasteiger partial charge is 0.221 e. The van der Waals surface area contributed by atoms with Crippen LogP contribution in [-0.4, -0.2) is 39.7 Å². The van der Waals surface area contributed by atoms with Crippen molar-refractivity contribution in [3.8, 4) is 22.4 Å². The van der Waals surface area contributed by atoms with Crippen molar-refractivity contribution in [1.82, 2.24) is 39.7 Å². The topological polar surface area (TPSA) is 87.2 Å². The van der Waals surface area contributed by atoms with Crippen LogP contribution in [-0.2, 0) is 7.05 Å². The molecule has 0 spiro atoms. The minimum absolute atomic E-state index is 0.310. The maximum Gasteiger partial charge on any atom is 0.221 e. The predicted octanol–water partition coefficient (Wildman–Crippen LogP) is 4.72. The highest BCUT2D eigenvalue weighted by molar-refractivity contribution is 5.84. The van der Waals surface area contributed by atoms with E-state index in [1.54, 1.807) is 46.2 Å². The number of aryl methyl sites for hydroxylation is 1. The van der Waals surface area contributed by atoms with Gasteiger partial charge in [0.1, 0.15) is 11.6 Å². The Kier molecular flexibility index (Phi) is 4.80. The summed E-state index contributed by atoms with van der Waals surface area (Å²) in [5, 5.41) is 13.2. The molecular formula is C25H18F2N8. The van der Waals surface area contributed by atoms with E-state index < -0.39 is 11.9 Å². The number of nitrogens with zero attached hydrogens (tertiary/aromatic N) is 8. The number of aromatic nitrogens is 8. The first-order valence-corrected chi connectivity index (χ1v) is 10.9. The summed E-state index contributed by atoms with van der Waals surface area (Å²) in [6, 6.07) is 10.7. The predicted molar refractivity (Wildman–Crippen MR) is 126 cm³/mol. The van der Waals surface area contributed by atoms with Crippen LogP contribution in [0, 0.1) is 11.6 Å². The molecule has 6 aromatic rings. The van der Waals surface area contributed by atoms with Gasteiger partial charge >= 0.3 is 0 Å². The maximum atomic E-state index is 15.2. The van der Waals surface area contributed by atoms with Crippen LogP contribution < -0.4 is 0 Å². The van der Waals surface area contributed by atoms with Gasteiger partial charge < -0.3 is 0 Å². The van der Waals surface area contributed by atoms with Crippen molar-refractivity contribution in [2.24, 2.45) is 7.05 Å². The monoisotopic (exact) mass is 468 g/mol. The number of rotatable bonds is 4. The molecule has 35 heavy (non-hydrogen) atoms. The number of hydrogen-bond donors (Lipinski definition) is 0. The van der Waals surface area contributed by atoms with Crippen LogP contribution in [0.4, 0.5) is 8.78 Å². The molecular weight excluding hydrogens is 450 g/mol. The first-order chi connectivity index (χ1) is 17.0. The highest BCUT2D eigenvalue weighted by Crippen LogP contribution is 2.29. The molecule has 1 atom stereocenters. The number of halogens is 2. The summed E-state index contributed by atoms with van der Waals surface area (Å²) >= 11 is 0. The zero-order valence-corrected chi connectivity index (χ0v) is 18.8. The van der Waals surface area contributed by atoms with Crippen molar-refractivity contribution in [3.63, 3.8) is 0 Å². The molecule has 0 radical (unpaired) electrons. The number of pyridine rings is 1. The van der Waals surface area contributed by atoms with Crippen LogP contribution in [0.2, 0.25) is 0 Å². The highest BCUT2D eigenvalue weighted by Gasteiger charge is 2.20. The summed E-state index contributed by atoms with van der Waals surface area (Å²) in [5.74, 6) is -0.720. The zero-order chi connectivity index (χ0) is 24.1. The molecule has 0 aliphatic rings. The minimum Gasteiger partial charge on any atom is -0.275 e. The molecule has 10 heteroatoms. The fourth-order valence-corrected chi connectivity index (χ4v) is 4.10. The summed E-state index contributed by atoms with van der Waals surface area (Å²) in [6.07, 6.45) is 6.80. The molecule has 0 aliphatic carbocycles. The number of fused-ring (bicyclic) bond motifs is 2. The third-order valence-electron chi connectivity index (χ3n) is 5.98. The van der Waals surface area contributed by atoms with Gasteiger partial charge in [-0.1, -0.05) is 17.3 Å². The standard InChI is InChI=1S/C25H18F2N8/c1-14(35-25-24(32-33-35)29-12-23(31-25)18-11-30-34(2)13-18)20-8-16-7-17(10-28-22(16)9-21(20)27)15-3-5-19(26)6-4-15/h3-14H,1-2H3. The van der Waals surface area contributed by atoms with Crippen LogP contribution in [0.25, 0.3) is 44.6 Å². The van der Waals surface area contributed by atoms with Crippen molar-refractivity contribution in [1.29, 1.82) is 0 Å². The molecule has 0 aliphatic heterocycles. The van der Waals surface area contributed by atoms with Gasteiger partial charge in [-0.05, 0) is 36.8 Å². The lowest BCUT2D eigenvalue weighted by Gasteiger charge is -2.15. The van der Waals surface area contributed by atoms with E-state index in [1.165, 1.54) is 18.2 Å². The number of benzene rings is 2. The Labute approximate surface area is 197 Å². The lowest BCUT2D eigenvalue weighted by atomic mass is 10.0. The van der Waals surface area contributed by atoms with E-state index >= 15 is 4.39 Å². The SMILES string of the molecule is CC(c1cc2cc(-c3ccc(F)cc3)cnc2cc1F)n1nnc2ncc(-c3cnn(C)c3)nc21. The van der Waals surface area contributed by atoms with E-state index in [0.29, 0.717) is 28.1 Å². The molecule has 8 nitrogen and oxygen atoms in total. The largest absolute Gasteiger partial charge is 0.275 e. The average Bonchev–Trinajstić information content (AvgIpc) is 3.49. The van der Waals surface area contributed by atoms with Gasteiger partial charge in [0.2, 0.25) is 5.65 Å². The zero-order valence-electron chi connectivity index (χ0n) is 18.8. The Morgan fingerprint density at radius 3 is 2.49 bits per heavy atom. The van der Waals surface area contributed by atoms with Crippen molar-refractivity contribution in [2.75, 3.05) is 0 Å². The lowest BCUT2D eigenvalue weighted by Crippen LogP contribution is -2.11. The summed E-state index contributed by atoms with van der Waals surface area (Å²) in [7, 11) is 1.82. The quantitative estimate of drug-likeness (QED) is 0.372. The van der Waals surface area contributed by atoms with Crippen LogP contribution in [0.5, 0.6) is 0 Å². The second kappa shape index (κ2) is 8.01. The third kappa shape index (κ3) is 3.68. The molecule has 2 aromatic carbocycles. The van der Waals surface area contributed by atoms with Gasteiger partial charge in [-0.15, -0.1) is 5.10 Å². The molecule has 6 rings (SSSR count). The van der Waals surface area contributed by atoms with Crippen molar-refractivity contribution >= 4 is 22.2 Å². The van der Waals surface area contributed by atoms with Gasteiger partial charge in [-0.25, -0.2) is 23.4 Å². The molecule has 172 valence electrons. The van der Waals surface area contributed by atoms with Crippen LogP contribution in [0.3, 0.4) is 0 Å². The Bertz CT molecular complexity index is 1700. The fraction of sp³-hybridized carbons (Fsp3) is 0.120. The molecule has 1 unspecified atom stereocenters. The van der Waals surface area contributed by atoms with Gasteiger partial charge in [0.05, 0.1) is 29.6 Å². The Morgan fingerprint density at radius 1 is 0.886 bits per heavy atom. The molecule has 4 aromatic heterocycles. The second-order valence-electron chi connectivity index (χ2n) is 8.31. The van der Waals surface area contributed by atoms with Gasteiger partial charge in [0.25, 0.3) is 0 Å². The van der Waals surface area contributed by atoms with Crippen LogP contribution >= 0.6 is 0 Å². The summed E-state index contributed by atoms with van der Waals surface area (Å²) in [6.45, 7) is 1.83. The molecule has 0 bridgehead atoms. The molecule has 4 heterocycles. The van der Waals surface area contributed by atoms with Gasteiger partial charge in [-0.2, -0.15) is 5.10 Å².